The van der Waals surface area contributed by atoms with Crippen molar-refractivity contribution in [3.05, 3.63) is 82.3 Å². The Morgan fingerprint density at radius 3 is 2.31 bits per heavy atom. The van der Waals surface area contributed by atoms with Gasteiger partial charge in [-0.05, 0) is 48.5 Å². The summed E-state index contributed by atoms with van der Waals surface area (Å²) < 4.78 is 33.1. The lowest BCUT2D eigenvalue weighted by atomic mass is 10.1. The van der Waals surface area contributed by atoms with E-state index in [0.29, 0.717) is 5.69 Å². The molecule has 150 valence electrons. The Bertz CT molecular complexity index is 1150. The van der Waals surface area contributed by atoms with Gasteiger partial charge in [-0.1, -0.05) is 41.4 Å². The van der Waals surface area contributed by atoms with E-state index in [-0.39, 0.29) is 31.9 Å². The van der Waals surface area contributed by atoms with E-state index < -0.39 is 15.9 Å². The molecule has 3 aromatic carbocycles. The van der Waals surface area contributed by atoms with Crippen LogP contribution in [0.15, 0.2) is 71.6 Å². The predicted molar refractivity (Wildman–Crippen MR) is 115 cm³/mol. The zero-order chi connectivity index (χ0) is 21.0. The fourth-order valence-electron chi connectivity index (χ4n) is 2.50. The van der Waals surface area contributed by atoms with Crippen molar-refractivity contribution in [2.24, 2.45) is 0 Å². The van der Waals surface area contributed by atoms with Crippen molar-refractivity contribution < 1.29 is 17.9 Å². The normalized spacial score (nSPS) is 11.0. The van der Waals surface area contributed by atoms with Crippen LogP contribution in [-0.2, 0) is 10.0 Å². The van der Waals surface area contributed by atoms with E-state index in [1.54, 1.807) is 24.3 Å². The zero-order valence-electron chi connectivity index (χ0n) is 15.1. The molecule has 3 aromatic rings. The van der Waals surface area contributed by atoms with Crippen LogP contribution in [0.5, 0.6) is 5.75 Å². The van der Waals surface area contributed by atoms with Crippen molar-refractivity contribution in [3.63, 3.8) is 0 Å². The van der Waals surface area contributed by atoms with E-state index in [9.17, 15) is 13.2 Å². The van der Waals surface area contributed by atoms with Gasteiger partial charge in [-0.15, -0.1) is 0 Å². The zero-order valence-corrected chi connectivity index (χ0v) is 17.5. The summed E-state index contributed by atoms with van der Waals surface area (Å²) in [5.41, 5.74) is 0.979. The maximum absolute atomic E-state index is 12.7. The van der Waals surface area contributed by atoms with E-state index in [1.165, 1.54) is 43.5 Å². The second kappa shape index (κ2) is 8.73. The summed E-state index contributed by atoms with van der Waals surface area (Å²) in [6.45, 7) is 0. The van der Waals surface area contributed by atoms with E-state index in [0.717, 1.165) is 0 Å². The Kier molecular flexibility index (Phi) is 6.32. The van der Waals surface area contributed by atoms with E-state index in [2.05, 4.69) is 10.0 Å². The Morgan fingerprint density at radius 2 is 1.66 bits per heavy atom. The lowest BCUT2D eigenvalue weighted by Crippen LogP contribution is -2.16. The standard InChI is InChI=1S/C20H16Cl2N2O4S/c1-28-19-10-7-13(20(25)23-14-5-3-2-4-6-14)11-18(19)24-29(26,27)15-8-9-16(21)17(22)12-15/h2-12,24H,1H3,(H,23,25). The molecule has 0 aliphatic heterocycles. The Balaban J connectivity index is 1.90. The van der Waals surface area contributed by atoms with Crippen LogP contribution in [0.2, 0.25) is 10.0 Å². The molecule has 3 rings (SSSR count). The number of nitrogens with one attached hydrogen (secondary N) is 2. The molecule has 0 bridgehead atoms. The fraction of sp³-hybridized carbons (Fsp3) is 0.0500. The molecule has 0 heterocycles. The van der Waals surface area contributed by atoms with Gasteiger partial charge < -0.3 is 10.1 Å². The summed E-state index contributed by atoms with van der Waals surface area (Å²) in [5.74, 6) is -0.140. The number of halogens is 2. The molecule has 0 radical (unpaired) electrons. The molecular weight excluding hydrogens is 435 g/mol. The highest BCUT2D eigenvalue weighted by Gasteiger charge is 2.19. The minimum absolute atomic E-state index is 0.0758. The smallest absolute Gasteiger partial charge is 0.262 e. The number of hydrogen-bond acceptors (Lipinski definition) is 4. The molecule has 0 unspecified atom stereocenters. The molecule has 0 saturated carbocycles. The van der Waals surface area contributed by atoms with Crippen LogP contribution < -0.4 is 14.8 Å². The van der Waals surface area contributed by atoms with Crippen molar-refractivity contribution in [1.82, 2.24) is 0 Å². The van der Waals surface area contributed by atoms with Gasteiger partial charge in [0.2, 0.25) is 0 Å². The molecule has 9 heteroatoms. The fourth-order valence-corrected chi connectivity index (χ4v) is 3.95. The van der Waals surface area contributed by atoms with Crippen molar-refractivity contribution in [1.29, 1.82) is 0 Å². The SMILES string of the molecule is COc1ccc(C(=O)Nc2ccccc2)cc1NS(=O)(=O)c1ccc(Cl)c(Cl)c1. The minimum atomic E-state index is -3.99. The summed E-state index contributed by atoms with van der Waals surface area (Å²) >= 11 is 11.8. The number of benzene rings is 3. The number of ether oxygens (including phenoxy) is 1. The number of anilines is 2. The Hall–Kier alpha value is -2.74. The minimum Gasteiger partial charge on any atom is -0.495 e. The van der Waals surface area contributed by atoms with Gasteiger partial charge in [-0.25, -0.2) is 8.42 Å². The maximum atomic E-state index is 12.7. The summed E-state index contributed by atoms with van der Waals surface area (Å²) in [6, 6.07) is 17.3. The van der Waals surface area contributed by atoms with Crippen LogP contribution in [0, 0.1) is 0 Å². The first kappa shape index (κ1) is 21.0. The molecule has 0 saturated heterocycles. The summed E-state index contributed by atoms with van der Waals surface area (Å²) in [5, 5.41) is 3.09. The Labute approximate surface area is 178 Å². The highest BCUT2D eigenvalue weighted by molar-refractivity contribution is 7.92. The second-order valence-corrected chi connectivity index (χ2v) is 8.41. The molecule has 2 N–H and O–H groups in total. The third-order valence-corrected chi connectivity index (χ3v) is 6.04. The number of hydrogen-bond donors (Lipinski definition) is 2. The first-order chi connectivity index (χ1) is 13.8. The summed E-state index contributed by atoms with van der Waals surface area (Å²) in [7, 11) is -2.59. The molecule has 0 aromatic heterocycles. The van der Waals surface area contributed by atoms with Crippen LogP contribution in [0.3, 0.4) is 0 Å². The average molecular weight is 451 g/mol. The largest absolute Gasteiger partial charge is 0.495 e. The molecule has 29 heavy (non-hydrogen) atoms. The highest BCUT2D eigenvalue weighted by Crippen LogP contribution is 2.30. The van der Waals surface area contributed by atoms with Gasteiger partial charge in [0, 0.05) is 11.3 Å². The molecule has 0 fully saturated rings. The molecule has 0 atom stereocenters. The Morgan fingerprint density at radius 1 is 0.931 bits per heavy atom. The second-order valence-electron chi connectivity index (χ2n) is 5.92. The summed E-state index contributed by atoms with van der Waals surface area (Å²) in [6.07, 6.45) is 0. The van der Waals surface area contributed by atoms with Gasteiger partial charge in [0.15, 0.2) is 0 Å². The third-order valence-electron chi connectivity index (χ3n) is 3.94. The summed E-state index contributed by atoms with van der Waals surface area (Å²) in [4.78, 5) is 12.4. The van der Waals surface area contributed by atoms with Gasteiger partial charge in [0.1, 0.15) is 5.75 Å². The molecule has 0 spiro atoms. The van der Waals surface area contributed by atoms with Crippen LogP contribution >= 0.6 is 23.2 Å². The predicted octanol–water partition coefficient (Wildman–Crippen LogP) is 5.06. The van der Waals surface area contributed by atoms with Crippen LogP contribution in [0.1, 0.15) is 10.4 Å². The van der Waals surface area contributed by atoms with Gasteiger partial charge >= 0.3 is 0 Å². The quantitative estimate of drug-likeness (QED) is 0.549. The highest BCUT2D eigenvalue weighted by atomic mass is 35.5. The molecular formula is C20H16Cl2N2O4S. The van der Waals surface area contributed by atoms with Crippen molar-refractivity contribution >= 4 is 50.5 Å². The topological polar surface area (TPSA) is 84.5 Å². The number of sulfonamides is 1. The number of carbonyl (C=O) groups excluding carboxylic acids is 1. The van der Waals surface area contributed by atoms with Crippen LogP contribution in [0.25, 0.3) is 0 Å². The van der Waals surface area contributed by atoms with E-state index in [4.69, 9.17) is 27.9 Å². The number of carbonyl (C=O) groups is 1. The third kappa shape index (κ3) is 5.00. The van der Waals surface area contributed by atoms with Gasteiger partial charge in [-0.2, -0.15) is 0 Å². The van der Waals surface area contributed by atoms with Gasteiger partial charge in [0.25, 0.3) is 15.9 Å². The van der Waals surface area contributed by atoms with Crippen molar-refractivity contribution in [3.8, 4) is 5.75 Å². The monoisotopic (exact) mass is 450 g/mol. The van der Waals surface area contributed by atoms with Gasteiger partial charge in [-0.3, -0.25) is 9.52 Å². The van der Waals surface area contributed by atoms with Crippen molar-refractivity contribution in [2.75, 3.05) is 17.1 Å². The average Bonchev–Trinajstić information content (AvgIpc) is 2.70. The van der Waals surface area contributed by atoms with E-state index >= 15 is 0 Å². The molecule has 6 nitrogen and oxygen atoms in total. The molecule has 0 aliphatic carbocycles. The van der Waals surface area contributed by atoms with Crippen molar-refractivity contribution in [2.45, 2.75) is 4.90 Å². The van der Waals surface area contributed by atoms with Crippen LogP contribution in [-0.4, -0.2) is 21.4 Å². The molecule has 0 aliphatic rings. The lowest BCUT2D eigenvalue weighted by Gasteiger charge is -2.14. The number of para-hydroxylation sites is 1. The first-order valence-electron chi connectivity index (χ1n) is 8.32. The van der Waals surface area contributed by atoms with Crippen LogP contribution in [0.4, 0.5) is 11.4 Å². The maximum Gasteiger partial charge on any atom is 0.262 e. The molecule has 1 amide bonds. The lowest BCUT2D eigenvalue weighted by molar-refractivity contribution is 0.102. The number of amides is 1. The van der Waals surface area contributed by atoms with Gasteiger partial charge in [0.05, 0.1) is 27.7 Å². The first-order valence-corrected chi connectivity index (χ1v) is 10.6. The number of methoxy groups -OCH3 is 1. The van der Waals surface area contributed by atoms with E-state index in [1.807, 2.05) is 6.07 Å². The number of rotatable bonds is 6.